The van der Waals surface area contributed by atoms with Gasteiger partial charge in [-0.2, -0.15) is 0 Å². The van der Waals surface area contributed by atoms with Crippen molar-refractivity contribution in [2.45, 2.75) is 18.3 Å². The van der Waals surface area contributed by atoms with Crippen LogP contribution in [0.2, 0.25) is 0 Å². The summed E-state index contributed by atoms with van der Waals surface area (Å²) in [6.07, 6.45) is 1.12. The molecule has 1 saturated carbocycles. The van der Waals surface area contributed by atoms with Crippen LogP contribution in [0.5, 0.6) is 5.88 Å². The highest BCUT2D eigenvalue weighted by Gasteiger charge is 2.58. The van der Waals surface area contributed by atoms with Gasteiger partial charge < -0.3 is 4.74 Å². The van der Waals surface area contributed by atoms with Crippen molar-refractivity contribution < 1.29 is 13.5 Å². The van der Waals surface area contributed by atoms with E-state index in [4.69, 9.17) is 4.74 Å². The Morgan fingerprint density at radius 2 is 2.23 bits per heavy atom. The number of nitrogens with zero attached hydrogens (tertiary/aromatic N) is 2. The summed E-state index contributed by atoms with van der Waals surface area (Å²) in [7, 11) is 1.44. The molecule has 1 aliphatic rings. The fourth-order valence-corrected chi connectivity index (χ4v) is 1.19. The fraction of sp³-hybridized carbons (Fsp3) is 0.500. The van der Waals surface area contributed by atoms with Crippen molar-refractivity contribution in [3.05, 3.63) is 18.1 Å². The second kappa shape index (κ2) is 2.61. The number of aromatic nitrogens is 2. The standard InChI is InChI=1S/C8H8F2N2O/c1-13-7-2-6(11-4-12-7)5-3-8(5,9)10/h2,4-5H,3H2,1H3. The summed E-state index contributed by atoms with van der Waals surface area (Å²) in [4.78, 5) is 7.51. The lowest BCUT2D eigenvalue weighted by atomic mass is 10.3. The van der Waals surface area contributed by atoms with Crippen LogP contribution in [-0.4, -0.2) is 23.0 Å². The number of hydrogen-bond acceptors (Lipinski definition) is 3. The van der Waals surface area contributed by atoms with Gasteiger partial charge in [0.1, 0.15) is 6.33 Å². The van der Waals surface area contributed by atoms with Crippen LogP contribution in [0.1, 0.15) is 18.0 Å². The highest BCUT2D eigenvalue weighted by Crippen LogP contribution is 2.55. The minimum atomic E-state index is -2.58. The normalized spacial score (nSPS) is 24.1. The summed E-state index contributed by atoms with van der Waals surface area (Å²) in [6.45, 7) is 0. The van der Waals surface area contributed by atoms with Gasteiger partial charge in [-0.25, -0.2) is 18.7 Å². The monoisotopic (exact) mass is 186 g/mol. The maximum atomic E-state index is 12.6. The lowest BCUT2D eigenvalue weighted by Gasteiger charge is -2.00. The Kier molecular flexibility index (Phi) is 1.68. The molecular weight excluding hydrogens is 178 g/mol. The summed E-state index contributed by atoms with van der Waals surface area (Å²) in [6, 6.07) is 1.45. The van der Waals surface area contributed by atoms with E-state index in [9.17, 15) is 8.78 Å². The molecule has 0 aliphatic heterocycles. The highest BCUT2D eigenvalue weighted by molar-refractivity contribution is 5.25. The van der Waals surface area contributed by atoms with Crippen molar-refractivity contribution in [3.8, 4) is 5.88 Å². The largest absolute Gasteiger partial charge is 0.481 e. The molecule has 1 atom stereocenters. The van der Waals surface area contributed by atoms with Crippen molar-refractivity contribution in [1.29, 1.82) is 0 Å². The molecule has 1 fully saturated rings. The molecule has 1 unspecified atom stereocenters. The predicted molar refractivity (Wildman–Crippen MR) is 40.9 cm³/mol. The van der Waals surface area contributed by atoms with Gasteiger partial charge in [0.25, 0.3) is 5.92 Å². The second-order valence-electron chi connectivity index (χ2n) is 3.00. The molecule has 3 nitrogen and oxygen atoms in total. The summed E-state index contributed by atoms with van der Waals surface area (Å²) < 4.78 is 30.0. The minimum absolute atomic E-state index is 0.118. The molecular formula is C8H8F2N2O. The molecule has 0 radical (unpaired) electrons. The minimum Gasteiger partial charge on any atom is -0.481 e. The molecule has 1 heterocycles. The predicted octanol–water partition coefficient (Wildman–Crippen LogP) is 1.61. The lowest BCUT2D eigenvalue weighted by Crippen LogP contribution is -1.97. The number of halogens is 2. The maximum Gasteiger partial charge on any atom is 0.257 e. The van der Waals surface area contributed by atoms with E-state index in [0.29, 0.717) is 11.6 Å². The Morgan fingerprint density at radius 3 is 2.77 bits per heavy atom. The smallest absolute Gasteiger partial charge is 0.257 e. The average Bonchev–Trinajstić information content (AvgIpc) is 2.76. The summed E-state index contributed by atoms with van der Waals surface area (Å²) in [5.74, 6) is -3.00. The molecule has 0 aromatic carbocycles. The van der Waals surface area contributed by atoms with E-state index in [-0.39, 0.29) is 6.42 Å². The summed E-state index contributed by atoms with van der Waals surface area (Å²) >= 11 is 0. The van der Waals surface area contributed by atoms with Crippen molar-refractivity contribution in [2.75, 3.05) is 7.11 Å². The fourth-order valence-electron chi connectivity index (χ4n) is 1.19. The highest BCUT2D eigenvalue weighted by atomic mass is 19.3. The van der Waals surface area contributed by atoms with Gasteiger partial charge in [-0.15, -0.1) is 0 Å². The van der Waals surface area contributed by atoms with Crippen molar-refractivity contribution in [3.63, 3.8) is 0 Å². The lowest BCUT2D eigenvalue weighted by molar-refractivity contribution is 0.111. The number of alkyl halides is 2. The van der Waals surface area contributed by atoms with Gasteiger partial charge in [0.2, 0.25) is 5.88 Å². The number of ether oxygens (including phenoxy) is 1. The van der Waals surface area contributed by atoms with Crippen LogP contribution in [0.3, 0.4) is 0 Å². The van der Waals surface area contributed by atoms with Gasteiger partial charge in [0.05, 0.1) is 18.7 Å². The molecule has 2 rings (SSSR count). The Balaban J connectivity index is 2.23. The van der Waals surface area contributed by atoms with E-state index in [1.165, 1.54) is 19.5 Å². The molecule has 0 N–H and O–H groups in total. The Hall–Kier alpha value is -1.26. The van der Waals surface area contributed by atoms with Gasteiger partial charge in [-0.3, -0.25) is 0 Å². The summed E-state index contributed by atoms with van der Waals surface area (Å²) in [5.41, 5.74) is 0.358. The Morgan fingerprint density at radius 1 is 1.54 bits per heavy atom. The topological polar surface area (TPSA) is 35.0 Å². The number of rotatable bonds is 2. The quantitative estimate of drug-likeness (QED) is 0.703. The van der Waals surface area contributed by atoms with Crippen LogP contribution in [-0.2, 0) is 0 Å². The van der Waals surface area contributed by atoms with Crippen LogP contribution < -0.4 is 4.74 Å². The van der Waals surface area contributed by atoms with E-state index in [2.05, 4.69) is 9.97 Å². The first-order valence-electron chi connectivity index (χ1n) is 3.87. The maximum absolute atomic E-state index is 12.6. The Labute approximate surface area is 73.8 Å². The third kappa shape index (κ3) is 1.46. The SMILES string of the molecule is COc1cc(C2CC2(F)F)ncn1. The zero-order chi connectivity index (χ0) is 9.47. The first kappa shape index (κ1) is 8.34. The van der Waals surface area contributed by atoms with E-state index < -0.39 is 11.8 Å². The third-order valence-corrected chi connectivity index (χ3v) is 2.06. The number of hydrogen-bond donors (Lipinski definition) is 0. The molecule has 13 heavy (non-hydrogen) atoms. The average molecular weight is 186 g/mol. The van der Waals surface area contributed by atoms with Gasteiger partial charge in [0, 0.05) is 12.5 Å². The molecule has 1 aromatic rings. The van der Waals surface area contributed by atoms with Gasteiger partial charge in [-0.05, 0) is 0 Å². The van der Waals surface area contributed by atoms with E-state index in [1.54, 1.807) is 0 Å². The van der Waals surface area contributed by atoms with Crippen LogP contribution in [0.4, 0.5) is 8.78 Å². The molecule has 5 heteroatoms. The second-order valence-corrected chi connectivity index (χ2v) is 3.00. The molecule has 1 aromatic heterocycles. The number of methoxy groups -OCH3 is 1. The van der Waals surface area contributed by atoms with E-state index in [0.717, 1.165) is 0 Å². The Bertz CT molecular complexity index is 330. The van der Waals surface area contributed by atoms with Gasteiger partial charge >= 0.3 is 0 Å². The van der Waals surface area contributed by atoms with Crippen molar-refractivity contribution in [2.24, 2.45) is 0 Å². The van der Waals surface area contributed by atoms with Gasteiger partial charge in [-0.1, -0.05) is 0 Å². The van der Waals surface area contributed by atoms with Crippen LogP contribution in [0.15, 0.2) is 12.4 Å². The van der Waals surface area contributed by atoms with Crippen LogP contribution >= 0.6 is 0 Å². The third-order valence-electron chi connectivity index (χ3n) is 2.06. The zero-order valence-electron chi connectivity index (χ0n) is 7.00. The molecule has 0 spiro atoms. The molecule has 70 valence electrons. The van der Waals surface area contributed by atoms with Crippen molar-refractivity contribution in [1.82, 2.24) is 9.97 Å². The molecule has 0 amide bonds. The molecule has 1 aliphatic carbocycles. The van der Waals surface area contributed by atoms with E-state index >= 15 is 0 Å². The first-order chi connectivity index (χ1) is 6.13. The van der Waals surface area contributed by atoms with Crippen LogP contribution in [0.25, 0.3) is 0 Å². The van der Waals surface area contributed by atoms with E-state index in [1.807, 2.05) is 0 Å². The molecule has 0 saturated heterocycles. The zero-order valence-corrected chi connectivity index (χ0v) is 7.00. The van der Waals surface area contributed by atoms with Gasteiger partial charge in [0.15, 0.2) is 0 Å². The molecule has 0 bridgehead atoms. The van der Waals surface area contributed by atoms with Crippen molar-refractivity contribution >= 4 is 0 Å². The van der Waals surface area contributed by atoms with Crippen LogP contribution in [0, 0.1) is 0 Å². The first-order valence-corrected chi connectivity index (χ1v) is 3.87. The summed E-state index contributed by atoms with van der Waals surface area (Å²) in [5, 5.41) is 0.